The first kappa shape index (κ1) is 12.4. The van der Waals surface area contributed by atoms with Gasteiger partial charge in [-0.25, -0.2) is 0 Å². The van der Waals surface area contributed by atoms with Crippen molar-refractivity contribution in [2.24, 2.45) is 0 Å². The van der Waals surface area contributed by atoms with Crippen molar-refractivity contribution in [2.75, 3.05) is 12.4 Å². The van der Waals surface area contributed by atoms with E-state index in [2.05, 4.69) is 15.5 Å². The summed E-state index contributed by atoms with van der Waals surface area (Å²) >= 11 is 13.4. The highest BCUT2D eigenvalue weighted by Crippen LogP contribution is 2.33. The number of aromatic nitrogens is 2. The summed E-state index contributed by atoms with van der Waals surface area (Å²) in [5, 5.41) is 13.2. The fourth-order valence-electron chi connectivity index (χ4n) is 1.17. The van der Waals surface area contributed by atoms with E-state index in [4.69, 9.17) is 27.9 Å². The molecule has 0 saturated carbocycles. The number of nitrogens with zero attached hydrogens (tertiary/aromatic N) is 2. The zero-order valence-corrected chi connectivity index (χ0v) is 11.2. The molecular formula is C10H9Cl2N3OS. The second kappa shape index (κ2) is 5.53. The average Bonchev–Trinajstić information content (AvgIpc) is 2.76. The van der Waals surface area contributed by atoms with Crippen molar-refractivity contribution in [3.8, 4) is 5.75 Å². The molecule has 17 heavy (non-hydrogen) atoms. The van der Waals surface area contributed by atoms with Gasteiger partial charge in [0.15, 0.2) is 10.8 Å². The Labute approximate surface area is 113 Å². The first-order valence-corrected chi connectivity index (χ1v) is 6.35. The molecule has 0 saturated heterocycles. The van der Waals surface area contributed by atoms with Gasteiger partial charge in [-0.2, -0.15) is 0 Å². The van der Waals surface area contributed by atoms with Crippen LogP contribution in [0.2, 0.25) is 10.0 Å². The van der Waals surface area contributed by atoms with E-state index in [1.165, 1.54) is 11.3 Å². The van der Waals surface area contributed by atoms with E-state index in [0.717, 1.165) is 10.1 Å². The lowest BCUT2D eigenvalue weighted by Crippen LogP contribution is -1.96. The van der Waals surface area contributed by atoms with Crippen molar-refractivity contribution in [3.63, 3.8) is 0 Å². The summed E-state index contributed by atoms with van der Waals surface area (Å²) in [4.78, 5) is 0. The number of rotatable bonds is 4. The number of benzene rings is 1. The minimum atomic E-state index is 0.294. The van der Waals surface area contributed by atoms with E-state index in [1.807, 2.05) is 0 Å². The largest absolute Gasteiger partial charge is 0.483 e. The molecule has 1 aromatic heterocycles. The number of nitrogens with one attached hydrogen (secondary N) is 1. The monoisotopic (exact) mass is 289 g/mol. The summed E-state index contributed by atoms with van der Waals surface area (Å²) in [6, 6.07) is 5.21. The van der Waals surface area contributed by atoms with Gasteiger partial charge in [-0.1, -0.05) is 40.6 Å². The summed E-state index contributed by atoms with van der Waals surface area (Å²) in [5.74, 6) is 0.469. The van der Waals surface area contributed by atoms with Crippen LogP contribution in [-0.4, -0.2) is 17.2 Å². The van der Waals surface area contributed by atoms with Crippen molar-refractivity contribution in [2.45, 2.75) is 6.61 Å². The molecule has 0 fully saturated rings. The summed E-state index contributed by atoms with van der Waals surface area (Å²) in [6.45, 7) is 0.294. The molecule has 0 spiro atoms. The van der Waals surface area contributed by atoms with Crippen LogP contribution in [0.3, 0.4) is 0 Å². The van der Waals surface area contributed by atoms with Gasteiger partial charge in [-0.15, -0.1) is 10.2 Å². The van der Waals surface area contributed by atoms with Gasteiger partial charge in [0.05, 0.1) is 10.0 Å². The lowest BCUT2D eigenvalue weighted by molar-refractivity contribution is 0.305. The van der Waals surface area contributed by atoms with Gasteiger partial charge in [0.25, 0.3) is 0 Å². The highest BCUT2D eigenvalue weighted by molar-refractivity contribution is 7.15. The van der Waals surface area contributed by atoms with E-state index in [0.29, 0.717) is 22.4 Å². The Kier molecular flexibility index (Phi) is 4.04. The van der Waals surface area contributed by atoms with Crippen LogP contribution in [0.5, 0.6) is 5.75 Å². The minimum absolute atomic E-state index is 0.294. The summed E-state index contributed by atoms with van der Waals surface area (Å²) in [6.07, 6.45) is 0. The molecule has 2 aromatic rings. The first-order valence-electron chi connectivity index (χ1n) is 4.77. The number of ether oxygens (including phenoxy) is 1. The normalized spacial score (nSPS) is 10.3. The Morgan fingerprint density at radius 2 is 2.00 bits per heavy atom. The van der Waals surface area contributed by atoms with E-state index >= 15 is 0 Å². The Hall–Kier alpha value is -1.04. The Morgan fingerprint density at radius 1 is 1.29 bits per heavy atom. The van der Waals surface area contributed by atoms with E-state index in [9.17, 15) is 0 Å². The minimum Gasteiger partial charge on any atom is -0.483 e. The van der Waals surface area contributed by atoms with Gasteiger partial charge in [-0.05, 0) is 12.1 Å². The molecule has 0 unspecified atom stereocenters. The van der Waals surface area contributed by atoms with Crippen LogP contribution >= 0.6 is 34.5 Å². The maximum absolute atomic E-state index is 5.97. The van der Waals surface area contributed by atoms with Crippen LogP contribution in [0.1, 0.15) is 5.01 Å². The van der Waals surface area contributed by atoms with Crippen LogP contribution < -0.4 is 10.1 Å². The third kappa shape index (κ3) is 3.00. The molecule has 4 nitrogen and oxygen atoms in total. The molecule has 0 aliphatic carbocycles. The number of hydrogen-bond donors (Lipinski definition) is 1. The van der Waals surface area contributed by atoms with Crippen LogP contribution in [0.15, 0.2) is 18.2 Å². The smallest absolute Gasteiger partial charge is 0.205 e. The lowest BCUT2D eigenvalue weighted by Gasteiger charge is -2.07. The molecule has 0 amide bonds. The Bertz CT molecular complexity index is 498. The molecule has 1 N–H and O–H groups in total. The second-order valence-corrected chi connectivity index (χ2v) is 4.97. The van der Waals surface area contributed by atoms with Crippen LogP contribution in [0.4, 0.5) is 5.13 Å². The molecule has 0 radical (unpaired) electrons. The SMILES string of the molecule is CNc1nnc(COc2c(Cl)cccc2Cl)s1. The van der Waals surface area contributed by atoms with Gasteiger partial charge in [0.2, 0.25) is 5.13 Å². The van der Waals surface area contributed by atoms with Crippen molar-refractivity contribution < 1.29 is 4.74 Å². The van der Waals surface area contributed by atoms with Crippen LogP contribution in [-0.2, 0) is 6.61 Å². The molecule has 1 aromatic carbocycles. The van der Waals surface area contributed by atoms with Gasteiger partial charge in [0, 0.05) is 7.05 Å². The molecule has 1 heterocycles. The summed E-state index contributed by atoms with van der Waals surface area (Å²) in [5.41, 5.74) is 0. The molecular weight excluding hydrogens is 281 g/mol. The van der Waals surface area contributed by atoms with E-state index in [1.54, 1.807) is 25.2 Å². The van der Waals surface area contributed by atoms with Crippen molar-refractivity contribution in [1.29, 1.82) is 0 Å². The van der Waals surface area contributed by atoms with Crippen LogP contribution in [0, 0.1) is 0 Å². The molecule has 2 rings (SSSR count). The molecule has 0 bridgehead atoms. The third-order valence-corrected chi connectivity index (χ3v) is 3.45. The quantitative estimate of drug-likeness (QED) is 0.936. The maximum atomic E-state index is 5.97. The van der Waals surface area contributed by atoms with E-state index < -0.39 is 0 Å². The summed E-state index contributed by atoms with van der Waals surface area (Å²) in [7, 11) is 1.79. The van der Waals surface area contributed by atoms with Crippen molar-refractivity contribution >= 4 is 39.7 Å². The number of halogens is 2. The zero-order chi connectivity index (χ0) is 12.3. The van der Waals surface area contributed by atoms with Gasteiger partial charge < -0.3 is 10.1 Å². The third-order valence-electron chi connectivity index (χ3n) is 1.94. The Balaban J connectivity index is 2.07. The van der Waals surface area contributed by atoms with Crippen molar-refractivity contribution in [1.82, 2.24) is 10.2 Å². The highest BCUT2D eigenvalue weighted by Gasteiger charge is 2.09. The molecule has 90 valence electrons. The Morgan fingerprint density at radius 3 is 2.59 bits per heavy atom. The molecule has 0 aliphatic rings. The standard InChI is InChI=1S/C10H9Cl2N3OS/c1-13-10-15-14-8(17-10)5-16-9-6(11)3-2-4-7(9)12/h2-4H,5H2,1H3,(H,13,15). The predicted octanol–water partition coefficient (Wildman–Crippen LogP) is 3.47. The average molecular weight is 290 g/mol. The number of anilines is 1. The fraction of sp³-hybridized carbons (Fsp3) is 0.200. The van der Waals surface area contributed by atoms with Gasteiger partial charge >= 0.3 is 0 Å². The lowest BCUT2D eigenvalue weighted by atomic mass is 10.3. The number of para-hydroxylation sites is 1. The second-order valence-electron chi connectivity index (χ2n) is 3.09. The van der Waals surface area contributed by atoms with E-state index in [-0.39, 0.29) is 0 Å². The number of hydrogen-bond acceptors (Lipinski definition) is 5. The zero-order valence-electron chi connectivity index (χ0n) is 8.91. The van der Waals surface area contributed by atoms with Crippen molar-refractivity contribution in [3.05, 3.63) is 33.3 Å². The molecule has 7 heteroatoms. The highest BCUT2D eigenvalue weighted by atomic mass is 35.5. The van der Waals surface area contributed by atoms with Crippen LogP contribution in [0.25, 0.3) is 0 Å². The molecule has 0 aliphatic heterocycles. The maximum Gasteiger partial charge on any atom is 0.205 e. The summed E-state index contributed by atoms with van der Waals surface area (Å²) < 4.78 is 5.53. The first-order chi connectivity index (χ1) is 8.20. The van der Waals surface area contributed by atoms with Gasteiger partial charge in [0.1, 0.15) is 6.61 Å². The topological polar surface area (TPSA) is 47.0 Å². The molecule has 0 atom stereocenters. The van der Waals surface area contributed by atoms with Gasteiger partial charge in [-0.3, -0.25) is 0 Å². The fourth-order valence-corrected chi connectivity index (χ4v) is 2.28. The predicted molar refractivity (Wildman–Crippen MR) is 70.2 cm³/mol.